The lowest BCUT2D eigenvalue weighted by Crippen LogP contribution is -2.31. The summed E-state index contributed by atoms with van der Waals surface area (Å²) >= 11 is 0. The van der Waals surface area contributed by atoms with E-state index in [1.165, 1.54) is 4.90 Å². The van der Waals surface area contributed by atoms with E-state index in [-0.39, 0.29) is 28.7 Å². The molecular formula is C12H16N2O6S. The molecule has 9 heteroatoms. The third-order valence-electron chi connectivity index (χ3n) is 2.76. The summed E-state index contributed by atoms with van der Waals surface area (Å²) in [6, 6.07) is 3.16. The number of hydrogen-bond acceptors (Lipinski definition) is 5. The zero-order valence-corrected chi connectivity index (χ0v) is 12.4. The maximum atomic E-state index is 11.6. The number of carboxylic acid groups (broad SMARTS) is 1. The van der Waals surface area contributed by atoms with Gasteiger partial charge in [0.2, 0.25) is 10.0 Å². The van der Waals surface area contributed by atoms with Crippen molar-refractivity contribution >= 4 is 21.9 Å². The van der Waals surface area contributed by atoms with E-state index in [1.807, 2.05) is 0 Å². The lowest BCUT2D eigenvalue weighted by molar-refractivity contribution is -0.131. The Bertz CT molecular complexity index is 656. The average Bonchev–Trinajstić information content (AvgIpc) is 2.42. The van der Waals surface area contributed by atoms with Gasteiger partial charge in [-0.05, 0) is 25.1 Å². The molecule has 0 aliphatic heterocycles. The number of amides is 1. The van der Waals surface area contributed by atoms with Gasteiger partial charge in [-0.25, -0.2) is 18.4 Å². The molecule has 116 valence electrons. The van der Waals surface area contributed by atoms with E-state index in [1.54, 1.807) is 14.0 Å². The second-order valence-corrected chi connectivity index (χ2v) is 5.77. The summed E-state index contributed by atoms with van der Waals surface area (Å²) in [6.45, 7) is 1.92. The average molecular weight is 316 g/mol. The molecule has 8 nitrogen and oxygen atoms in total. The SMILES string of the molecule is CCN(C)C(=O)COc1ccc(S(N)(=O)=O)cc1C(=O)O. The predicted molar refractivity (Wildman–Crippen MR) is 73.6 cm³/mol. The number of benzene rings is 1. The number of carboxylic acids is 1. The van der Waals surface area contributed by atoms with Crippen LogP contribution in [0.3, 0.4) is 0 Å². The van der Waals surface area contributed by atoms with Crippen molar-refractivity contribution < 1.29 is 27.9 Å². The van der Waals surface area contributed by atoms with Gasteiger partial charge < -0.3 is 14.7 Å². The number of carbonyl (C=O) groups excluding carboxylic acids is 1. The Kier molecular flexibility index (Phi) is 5.28. The molecule has 1 aromatic carbocycles. The first-order chi connectivity index (χ1) is 9.66. The van der Waals surface area contributed by atoms with Gasteiger partial charge in [0.25, 0.3) is 5.91 Å². The first-order valence-electron chi connectivity index (χ1n) is 5.93. The van der Waals surface area contributed by atoms with Gasteiger partial charge in [0.15, 0.2) is 6.61 Å². The fourth-order valence-corrected chi connectivity index (χ4v) is 1.94. The first-order valence-corrected chi connectivity index (χ1v) is 7.48. The zero-order chi connectivity index (χ0) is 16.2. The number of aromatic carboxylic acids is 1. The second kappa shape index (κ2) is 6.55. The number of likely N-dealkylation sites (N-methyl/N-ethyl adjacent to an activating group) is 1. The summed E-state index contributed by atoms with van der Waals surface area (Å²) in [6.07, 6.45) is 0. The third kappa shape index (κ3) is 4.43. The summed E-state index contributed by atoms with van der Waals surface area (Å²) < 4.78 is 27.5. The van der Waals surface area contributed by atoms with Gasteiger partial charge in [-0.2, -0.15) is 0 Å². The van der Waals surface area contributed by atoms with Crippen LogP contribution in [0.15, 0.2) is 23.1 Å². The quantitative estimate of drug-likeness (QED) is 0.754. The summed E-state index contributed by atoms with van der Waals surface area (Å²) in [4.78, 5) is 23.8. The smallest absolute Gasteiger partial charge is 0.339 e. The Hall–Kier alpha value is -2.13. The number of primary sulfonamides is 1. The van der Waals surface area contributed by atoms with E-state index in [0.29, 0.717) is 6.54 Å². The van der Waals surface area contributed by atoms with Gasteiger partial charge in [-0.3, -0.25) is 4.79 Å². The van der Waals surface area contributed by atoms with Crippen LogP contribution in [0, 0.1) is 0 Å². The highest BCUT2D eigenvalue weighted by Gasteiger charge is 2.18. The van der Waals surface area contributed by atoms with Crippen LogP contribution < -0.4 is 9.88 Å². The van der Waals surface area contributed by atoms with E-state index in [4.69, 9.17) is 15.0 Å². The molecule has 0 aromatic heterocycles. The molecule has 0 fully saturated rings. The molecule has 1 aromatic rings. The van der Waals surface area contributed by atoms with Crippen molar-refractivity contribution in [2.75, 3.05) is 20.2 Å². The maximum absolute atomic E-state index is 11.6. The van der Waals surface area contributed by atoms with Crippen molar-refractivity contribution in [3.63, 3.8) is 0 Å². The van der Waals surface area contributed by atoms with Crippen LogP contribution in [0.25, 0.3) is 0 Å². The largest absolute Gasteiger partial charge is 0.483 e. The van der Waals surface area contributed by atoms with Crippen molar-refractivity contribution in [2.45, 2.75) is 11.8 Å². The number of sulfonamides is 1. The Morgan fingerprint density at radius 1 is 1.38 bits per heavy atom. The normalized spacial score (nSPS) is 11.0. The van der Waals surface area contributed by atoms with Crippen LogP contribution in [-0.2, 0) is 14.8 Å². The molecule has 3 N–H and O–H groups in total. The fourth-order valence-electron chi connectivity index (χ4n) is 1.41. The lowest BCUT2D eigenvalue weighted by Gasteiger charge is -2.15. The van der Waals surface area contributed by atoms with Crippen molar-refractivity contribution in [3.05, 3.63) is 23.8 Å². The second-order valence-electron chi connectivity index (χ2n) is 4.20. The van der Waals surface area contributed by atoms with Crippen LogP contribution >= 0.6 is 0 Å². The topological polar surface area (TPSA) is 127 Å². The Morgan fingerprint density at radius 3 is 2.48 bits per heavy atom. The molecule has 0 aliphatic carbocycles. The summed E-state index contributed by atoms with van der Waals surface area (Å²) in [5.74, 6) is -1.82. The number of hydrogen-bond donors (Lipinski definition) is 2. The molecular weight excluding hydrogens is 300 g/mol. The molecule has 1 amide bonds. The number of nitrogens with two attached hydrogens (primary N) is 1. The Labute approximate surface area is 122 Å². The van der Waals surface area contributed by atoms with Gasteiger partial charge >= 0.3 is 5.97 Å². The molecule has 0 saturated heterocycles. The molecule has 0 unspecified atom stereocenters. The summed E-state index contributed by atoms with van der Waals surface area (Å²) in [7, 11) is -2.44. The van der Waals surface area contributed by atoms with E-state index in [2.05, 4.69) is 0 Å². The van der Waals surface area contributed by atoms with Gasteiger partial charge in [0, 0.05) is 13.6 Å². The molecule has 0 spiro atoms. The van der Waals surface area contributed by atoms with Crippen molar-refractivity contribution in [1.29, 1.82) is 0 Å². The van der Waals surface area contributed by atoms with Crippen LogP contribution in [0.4, 0.5) is 0 Å². The van der Waals surface area contributed by atoms with Crippen molar-refractivity contribution in [3.8, 4) is 5.75 Å². The summed E-state index contributed by atoms with van der Waals surface area (Å²) in [5, 5.41) is 14.0. The fraction of sp³-hybridized carbons (Fsp3) is 0.333. The molecule has 0 radical (unpaired) electrons. The van der Waals surface area contributed by atoms with Gasteiger partial charge in [0.1, 0.15) is 11.3 Å². The first kappa shape index (κ1) is 16.9. The van der Waals surface area contributed by atoms with Crippen LogP contribution in [0.1, 0.15) is 17.3 Å². The minimum Gasteiger partial charge on any atom is -0.483 e. The lowest BCUT2D eigenvalue weighted by atomic mass is 10.2. The third-order valence-corrected chi connectivity index (χ3v) is 3.67. The molecule has 21 heavy (non-hydrogen) atoms. The van der Waals surface area contributed by atoms with Gasteiger partial charge in [0.05, 0.1) is 4.90 Å². The predicted octanol–water partition coefficient (Wildman–Crippen LogP) is -0.111. The molecule has 1 rings (SSSR count). The van der Waals surface area contributed by atoms with Crippen molar-refractivity contribution in [1.82, 2.24) is 4.90 Å². The van der Waals surface area contributed by atoms with Crippen molar-refractivity contribution in [2.24, 2.45) is 5.14 Å². The number of rotatable bonds is 6. The Morgan fingerprint density at radius 2 is 2.00 bits per heavy atom. The molecule has 0 atom stereocenters. The standard InChI is InChI=1S/C12H16N2O6S/c1-3-14(2)11(15)7-20-10-5-4-8(21(13,18)19)6-9(10)12(16)17/h4-6H,3,7H2,1-2H3,(H,16,17)(H2,13,18,19). The van der Waals surface area contributed by atoms with Gasteiger partial charge in [-0.15, -0.1) is 0 Å². The zero-order valence-electron chi connectivity index (χ0n) is 11.6. The number of ether oxygens (including phenoxy) is 1. The van der Waals surface area contributed by atoms with Gasteiger partial charge in [-0.1, -0.05) is 0 Å². The number of nitrogens with zero attached hydrogens (tertiary/aromatic N) is 1. The van der Waals surface area contributed by atoms with E-state index < -0.39 is 16.0 Å². The molecule has 0 bridgehead atoms. The molecule has 0 aliphatic rings. The minimum atomic E-state index is -4.02. The van der Waals surface area contributed by atoms with Crippen LogP contribution in [0.5, 0.6) is 5.75 Å². The Balaban J connectivity index is 3.03. The number of carbonyl (C=O) groups is 2. The molecule has 0 saturated carbocycles. The van der Waals surface area contributed by atoms with Crippen LogP contribution in [-0.4, -0.2) is 50.5 Å². The minimum absolute atomic E-state index is 0.104. The monoisotopic (exact) mass is 316 g/mol. The van der Waals surface area contributed by atoms with E-state index in [9.17, 15) is 18.0 Å². The molecule has 0 heterocycles. The summed E-state index contributed by atoms with van der Waals surface area (Å²) in [5.41, 5.74) is -0.381. The highest BCUT2D eigenvalue weighted by Crippen LogP contribution is 2.22. The highest BCUT2D eigenvalue weighted by atomic mass is 32.2. The van der Waals surface area contributed by atoms with E-state index >= 15 is 0 Å². The maximum Gasteiger partial charge on any atom is 0.339 e. The highest BCUT2D eigenvalue weighted by molar-refractivity contribution is 7.89. The van der Waals surface area contributed by atoms with Crippen LogP contribution in [0.2, 0.25) is 0 Å². The van der Waals surface area contributed by atoms with E-state index in [0.717, 1.165) is 18.2 Å².